The van der Waals surface area contributed by atoms with E-state index in [0.29, 0.717) is 28.8 Å². The van der Waals surface area contributed by atoms with Crippen LogP contribution in [0.5, 0.6) is 0 Å². The fourth-order valence-corrected chi connectivity index (χ4v) is 2.00. The molecule has 0 fully saturated rings. The molecule has 0 spiro atoms. The van der Waals surface area contributed by atoms with E-state index in [0.717, 1.165) is 12.1 Å². The van der Waals surface area contributed by atoms with Crippen LogP contribution in [0.25, 0.3) is 0 Å². The second kappa shape index (κ2) is 5.85. The predicted molar refractivity (Wildman–Crippen MR) is 80.9 cm³/mol. The minimum atomic E-state index is 0.387. The van der Waals surface area contributed by atoms with Crippen molar-refractivity contribution in [2.24, 2.45) is 0 Å². The summed E-state index contributed by atoms with van der Waals surface area (Å²) in [5, 5.41) is 14.3. The molecule has 0 aliphatic heterocycles. The summed E-state index contributed by atoms with van der Waals surface area (Å²) in [4.78, 5) is 1.90. The highest BCUT2D eigenvalue weighted by Crippen LogP contribution is 2.24. The number of hydrogen-bond acceptors (Lipinski definition) is 4. The molecule has 0 aliphatic carbocycles. The van der Waals surface area contributed by atoms with Crippen molar-refractivity contribution >= 4 is 23.2 Å². The van der Waals surface area contributed by atoms with E-state index < -0.39 is 0 Å². The molecule has 0 unspecified atom stereocenters. The van der Waals surface area contributed by atoms with Crippen molar-refractivity contribution in [2.75, 3.05) is 24.2 Å². The minimum absolute atomic E-state index is 0.387. The van der Waals surface area contributed by atoms with E-state index in [4.69, 9.17) is 17.3 Å². The van der Waals surface area contributed by atoms with Gasteiger partial charge in [-0.25, -0.2) is 4.68 Å². The van der Waals surface area contributed by atoms with Crippen molar-refractivity contribution in [1.82, 2.24) is 9.78 Å². The zero-order valence-corrected chi connectivity index (χ0v) is 12.2. The van der Waals surface area contributed by atoms with Crippen molar-refractivity contribution in [3.05, 3.63) is 40.4 Å². The van der Waals surface area contributed by atoms with E-state index in [2.05, 4.69) is 11.2 Å². The van der Waals surface area contributed by atoms with Gasteiger partial charge in [0.15, 0.2) is 5.82 Å². The number of aromatic nitrogens is 2. The zero-order chi connectivity index (χ0) is 14.7. The number of nitrogens with two attached hydrogens (primary N) is 1. The van der Waals surface area contributed by atoms with Crippen molar-refractivity contribution in [3.8, 4) is 6.07 Å². The van der Waals surface area contributed by atoms with Gasteiger partial charge in [0.1, 0.15) is 17.5 Å². The number of nitrogen functional groups attached to an aromatic ring is 1. The van der Waals surface area contributed by atoms with Crippen LogP contribution in [0.1, 0.15) is 18.1 Å². The summed E-state index contributed by atoms with van der Waals surface area (Å²) in [5.41, 5.74) is 7.46. The average Bonchev–Trinajstić information content (AvgIpc) is 2.77. The smallest absolute Gasteiger partial charge is 0.170 e. The fraction of sp³-hybridized carbons (Fsp3) is 0.286. The summed E-state index contributed by atoms with van der Waals surface area (Å²) in [5.74, 6) is 0.999. The second-order valence-electron chi connectivity index (χ2n) is 4.49. The highest BCUT2D eigenvalue weighted by atomic mass is 35.5. The van der Waals surface area contributed by atoms with Crippen LogP contribution in [0.3, 0.4) is 0 Å². The van der Waals surface area contributed by atoms with Gasteiger partial charge in [-0.1, -0.05) is 23.7 Å². The molecular weight excluding hydrogens is 274 g/mol. The molecular formula is C14H16ClN5. The summed E-state index contributed by atoms with van der Waals surface area (Å²) in [7, 11) is 1.88. The van der Waals surface area contributed by atoms with E-state index in [1.807, 2.05) is 43.1 Å². The van der Waals surface area contributed by atoms with Gasteiger partial charge in [-0.15, -0.1) is 0 Å². The van der Waals surface area contributed by atoms with Gasteiger partial charge >= 0.3 is 0 Å². The molecule has 2 aromatic rings. The predicted octanol–water partition coefficient (Wildman–Crippen LogP) is 2.49. The molecule has 0 saturated heterocycles. The maximum Gasteiger partial charge on any atom is 0.170 e. The highest BCUT2D eigenvalue weighted by Gasteiger charge is 2.17. The van der Waals surface area contributed by atoms with E-state index >= 15 is 0 Å². The Morgan fingerprint density at radius 3 is 2.60 bits per heavy atom. The van der Waals surface area contributed by atoms with Gasteiger partial charge in [-0.2, -0.15) is 10.4 Å². The van der Waals surface area contributed by atoms with Crippen LogP contribution >= 0.6 is 11.6 Å². The number of hydrogen-bond donors (Lipinski definition) is 1. The summed E-state index contributed by atoms with van der Waals surface area (Å²) < 4.78 is 1.64. The Hall–Kier alpha value is -2.19. The molecule has 0 atom stereocenters. The number of halogens is 1. The monoisotopic (exact) mass is 289 g/mol. The number of nitrogens with zero attached hydrogens (tertiary/aromatic N) is 4. The topological polar surface area (TPSA) is 70.9 Å². The van der Waals surface area contributed by atoms with Crippen molar-refractivity contribution in [3.63, 3.8) is 0 Å². The van der Waals surface area contributed by atoms with Gasteiger partial charge in [0, 0.05) is 18.6 Å². The molecule has 1 heterocycles. The summed E-state index contributed by atoms with van der Waals surface area (Å²) in [6.07, 6.45) is 0. The van der Waals surface area contributed by atoms with Crippen molar-refractivity contribution in [1.29, 1.82) is 5.26 Å². The lowest BCUT2D eigenvalue weighted by atomic mass is 10.2. The Morgan fingerprint density at radius 1 is 1.40 bits per heavy atom. The third-order valence-corrected chi connectivity index (χ3v) is 3.42. The van der Waals surface area contributed by atoms with Gasteiger partial charge in [0.05, 0.1) is 6.54 Å². The standard InChI is InChI=1S/C14H16ClN5/c1-3-19(2)14-12(8-16)13(17)20(18-14)9-10-4-6-11(15)7-5-10/h4-7H,3,9,17H2,1-2H3. The van der Waals surface area contributed by atoms with Crippen LogP contribution in [0.15, 0.2) is 24.3 Å². The van der Waals surface area contributed by atoms with Gasteiger partial charge < -0.3 is 10.6 Å². The Kier molecular flexibility index (Phi) is 4.16. The van der Waals surface area contributed by atoms with Crippen molar-refractivity contribution < 1.29 is 0 Å². The zero-order valence-electron chi connectivity index (χ0n) is 11.5. The number of anilines is 2. The van der Waals surface area contributed by atoms with Crippen LogP contribution in [-0.2, 0) is 6.54 Å². The highest BCUT2D eigenvalue weighted by molar-refractivity contribution is 6.30. The average molecular weight is 290 g/mol. The molecule has 1 aromatic heterocycles. The molecule has 0 bridgehead atoms. The minimum Gasteiger partial charge on any atom is -0.383 e. The van der Waals surface area contributed by atoms with Gasteiger partial charge in [-0.3, -0.25) is 0 Å². The second-order valence-corrected chi connectivity index (χ2v) is 4.93. The molecule has 5 nitrogen and oxygen atoms in total. The van der Waals surface area contributed by atoms with Crippen LogP contribution < -0.4 is 10.6 Å². The molecule has 6 heteroatoms. The van der Waals surface area contributed by atoms with E-state index in [-0.39, 0.29) is 0 Å². The molecule has 0 amide bonds. The largest absolute Gasteiger partial charge is 0.383 e. The molecule has 0 radical (unpaired) electrons. The van der Waals surface area contributed by atoms with Crippen LogP contribution in [0.4, 0.5) is 11.6 Å². The van der Waals surface area contributed by atoms with E-state index in [1.165, 1.54) is 0 Å². The third-order valence-electron chi connectivity index (χ3n) is 3.17. The molecule has 104 valence electrons. The number of rotatable bonds is 4. The first-order valence-electron chi connectivity index (χ1n) is 6.28. The van der Waals surface area contributed by atoms with Crippen LogP contribution in [-0.4, -0.2) is 23.4 Å². The summed E-state index contributed by atoms with van der Waals surface area (Å²) in [6.45, 7) is 3.26. The summed E-state index contributed by atoms with van der Waals surface area (Å²) in [6, 6.07) is 9.59. The maximum atomic E-state index is 9.23. The Balaban J connectivity index is 2.35. The van der Waals surface area contributed by atoms with Gasteiger partial charge in [0.2, 0.25) is 0 Å². The SMILES string of the molecule is CCN(C)c1nn(Cc2ccc(Cl)cc2)c(N)c1C#N. The third kappa shape index (κ3) is 2.70. The Morgan fingerprint density at radius 2 is 2.05 bits per heavy atom. The first-order chi connectivity index (χ1) is 9.56. The Labute approximate surface area is 123 Å². The molecule has 0 aliphatic rings. The molecule has 1 aromatic carbocycles. The molecule has 2 N–H and O–H groups in total. The first kappa shape index (κ1) is 14.2. The fourth-order valence-electron chi connectivity index (χ4n) is 1.87. The Bertz CT molecular complexity index is 639. The number of benzene rings is 1. The lowest BCUT2D eigenvalue weighted by molar-refractivity contribution is 0.691. The number of nitriles is 1. The summed E-state index contributed by atoms with van der Waals surface area (Å²) >= 11 is 5.86. The van der Waals surface area contributed by atoms with Crippen molar-refractivity contribution in [2.45, 2.75) is 13.5 Å². The maximum absolute atomic E-state index is 9.23. The quantitative estimate of drug-likeness (QED) is 0.939. The molecule has 2 rings (SSSR count). The molecule has 20 heavy (non-hydrogen) atoms. The van der Waals surface area contributed by atoms with Crippen LogP contribution in [0.2, 0.25) is 5.02 Å². The van der Waals surface area contributed by atoms with Crippen LogP contribution in [0, 0.1) is 11.3 Å². The van der Waals surface area contributed by atoms with E-state index in [1.54, 1.807) is 4.68 Å². The lowest BCUT2D eigenvalue weighted by Gasteiger charge is -2.12. The van der Waals surface area contributed by atoms with Gasteiger partial charge in [0.25, 0.3) is 0 Å². The van der Waals surface area contributed by atoms with Gasteiger partial charge in [-0.05, 0) is 24.6 Å². The van der Waals surface area contributed by atoms with E-state index in [9.17, 15) is 5.26 Å². The normalized spacial score (nSPS) is 10.3. The lowest BCUT2D eigenvalue weighted by Crippen LogP contribution is -2.17. The first-order valence-corrected chi connectivity index (χ1v) is 6.66. The molecule has 0 saturated carbocycles.